The van der Waals surface area contributed by atoms with E-state index in [2.05, 4.69) is 4.90 Å². The zero-order chi connectivity index (χ0) is 14.5. The first-order valence-electron chi connectivity index (χ1n) is 6.33. The van der Waals surface area contributed by atoms with E-state index in [0.717, 1.165) is 17.9 Å². The van der Waals surface area contributed by atoms with Gasteiger partial charge in [0.2, 0.25) is 0 Å². The van der Waals surface area contributed by atoms with Crippen LogP contribution in [0.4, 0.5) is 17.1 Å². The molecular weight excluding hydrogens is 276 g/mol. The molecule has 0 aliphatic carbocycles. The molecule has 0 bridgehead atoms. The predicted octanol–water partition coefficient (Wildman–Crippen LogP) is 4.49. The van der Waals surface area contributed by atoms with Gasteiger partial charge < -0.3 is 4.90 Å². The first-order chi connectivity index (χ1) is 9.67. The van der Waals surface area contributed by atoms with Crippen LogP contribution in [0.1, 0.15) is 12.5 Å². The van der Waals surface area contributed by atoms with Gasteiger partial charge in [-0.1, -0.05) is 18.2 Å². The molecule has 0 unspecified atom stereocenters. The molecule has 0 saturated heterocycles. The van der Waals surface area contributed by atoms with Gasteiger partial charge in [0.15, 0.2) is 0 Å². The van der Waals surface area contributed by atoms with E-state index in [-0.39, 0.29) is 11.6 Å². The summed E-state index contributed by atoms with van der Waals surface area (Å²) in [5.74, 6) is 0.122. The number of nitrogens with zero attached hydrogens (tertiary/aromatic N) is 2. The van der Waals surface area contributed by atoms with Crippen LogP contribution >= 0.6 is 11.6 Å². The second-order valence-electron chi connectivity index (χ2n) is 4.28. The van der Waals surface area contributed by atoms with Crippen LogP contribution < -0.4 is 4.90 Å². The maximum atomic E-state index is 10.9. The van der Waals surface area contributed by atoms with Crippen molar-refractivity contribution in [3.63, 3.8) is 0 Å². The third-order valence-electron chi connectivity index (χ3n) is 3.10. The molecule has 0 heterocycles. The van der Waals surface area contributed by atoms with Gasteiger partial charge in [0.25, 0.3) is 5.69 Å². The lowest BCUT2D eigenvalue weighted by molar-refractivity contribution is -0.385. The molecule has 0 N–H and O–H groups in total. The van der Waals surface area contributed by atoms with Crippen LogP contribution in [-0.2, 0) is 5.88 Å². The molecule has 0 atom stereocenters. The van der Waals surface area contributed by atoms with Gasteiger partial charge in [0, 0.05) is 29.5 Å². The number of hydrogen-bond acceptors (Lipinski definition) is 3. The summed E-state index contributed by atoms with van der Waals surface area (Å²) in [4.78, 5) is 12.6. The van der Waals surface area contributed by atoms with Gasteiger partial charge in [-0.15, -0.1) is 11.6 Å². The molecule has 0 amide bonds. The van der Waals surface area contributed by atoms with E-state index in [4.69, 9.17) is 11.6 Å². The van der Waals surface area contributed by atoms with Crippen molar-refractivity contribution in [3.8, 4) is 0 Å². The van der Waals surface area contributed by atoms with Crippen LogP contribution in [0.2, 0.25) is 0 Å². The Morgan fingerprint density at radius 2 is 1.85 bits per heavy atom. The standard InChI is InChI=1S/C15H15ClN2O2/c1-2-17(13-6-4-3-5-7-13)14-8-9-15(18(19)20)12(10-14)11-16/h3-10H,2,11H2,1H3. The van der Waals surface area contributed by atoms with Crippen LogP contribution in [0.5, 0.6) is 0 Å². The van der Waals surface area contributed by atoms with Crippen molar-refractivity contribution in [1.29, 1.82) is 0 Å². The number of rotatable bonds is 5. The van der Waals surface area contributed by atoms with Crippen LogP contribution in [0.15, 0.2) is 48.5 Å². The lowest BCUT2D eigenvalue weighted by Gasteiger charge is -2.23. The van der Waals surface area contributed by atoms with Gasteiger partial charge in [-0.3, -0.25) is 10.1 Å². The largest absolute Gasteiger partial charge is 0.342 e. The summed E-state index contributed by atoms with van der Waals surface area (Å²) in [5.41, 5.74) is 2.54. The van der Waals surface area contributed by atoms with E-state index in [0.29, 0.717) is 5.56 Å². The number of para-hydroxylation sites is 1. The number of nitro groups is 1. The number of benzene rings is 2. The molecule has 2 aromatic carbocycles. The van der Waals surface area contributed by atoms with Gasteiger partial charge in [-0.25, -0.2) is 0 Å². The Morgan fingerprint density at radius 1 is 1.15 bits per heavy atom. The molecule has 0 aliphatic rings. The average molecular weight is 291 g/mol. The highest BCUT2D eigenvalue weighted by Crippen LogP contribution is 2.30. The van der Waals surface area contributed by atoms with Crippen molar-refractivity contribution in [2.45, 2.75) is 12.8 Å². The maximum Gasteiger partial charge on any atom is 0.273 e. The summed E-state index contributed by atoms with van der Waals surface area (Å²) in [6, 6.07) is 14.9. The molecule has 2 aromatic rings. The quantitative estimate of drug-likeness (QED) is 0.463. The molecule has 104 valence electrons. The van der Waals surface area contributed by atoms with Crippen molar-refractivity contribution in [2.75, 3.05) is 11.4 Å². The Labute approximate surface area is 122 Å². The number of anilines is 2. The van der Waals surface area contributed by atoms with E-state index in [1.165, 1.54) is 6.07 Å². The van der Waals surface area contributed by atoms with Crippen molar-refractivity contribution in [1.82, 2.24) is 0 Å². The normalized spacial score (nSPS) is 10.3. The number of hydrogen-bond donors (Lipinski definition) is 0. The summed E-state index contributed by atoms with van der Waals surface area (Å²) in [5, 5.41) is 10.9. The minimum Gasteiger partial charge on any atom is -0.342 e. The molecule has 2 rings (SSSR count). The fourth-order valence-electron chi connectivity index (χ4n) is 2.15. The van der Waals surface area contributed by atoms with Crippen LogP contribution in [0.3, 0.4) is 0 Å². The summed E-state index contributed by atoms with van der Waals surface area (Å²) in [7, 11) is 0. The summed E-state index contributed by atoms with van der Waals surface area (Å²) >= 11 is 5.82. The highest BCUT2D eigenvalue weighted by molar-refractivity contribution is 6.17. The number of alkyl halides is 1. The fourth-order valence-corrected chi connectivity index (χ4v) is 2.36. The van der Waals surface area contributed by atoms with Gasteiger partial charge in [0.05, 0.1) is 10.8 Å². The Hall–Kier alpha value is -2.07. The lowest BCUT2D eigenvalue weighted by atomic mass is 10.1. The SMILES string of the molecule is CCN(c1ccccc1)c1ccc([N+](=O)[O-])c(CCl)c1. The lowest BCUT2D eigenvalue weighted by Crippen LogP contribution is -2.16. The second kappa shape index (κ2) is 6.39. The molecule has 20 heavy (non-hydrogen) atoms. The molecular formula is C15H15ClN2O2. The first kappa shape index (κ1) is 14.3. The van der Waals surface area contributed by atoms with Crippen molar-refractivity contribution in [2.24, 2.45) is 0 Å². The van der Waals surface area contributed by atoms with Crippen molar-refractivity contribution >= 4 is 28.7 Å². The maximum absolute atomic E-state index is 10.9. The molecule has 0 radical (unpaired) electrons. The predicted molar refractivity (Wildman–Crippen MR) is 81.8 cm³/mol. The van der Waals surface area contributed by atoms with Crippen LogP contribution in [-0.4, -0.2) is 11.5 Å². The van der Waals surface area contributed by atoms with Crippen molar-refractivity contribution < 1.29 is 4.92 Å². The third kappa shape index (κ3) is 2.91. The minimum absolute atomic E-state index is 0.0628. The number of halogens is 1. The Balaban J connectivity index is 2.43. The number of nitro benzene ring substituents is 1. The second-order valence-corrected chi connectivity index (χ2v) is 4.55. The Morgan fingerprint density at radius 3 is 2.40 bits per heavy atom. The molecule has 0 saturated carbocycles. The molecule has 0 spiro atoms. The molecule has 0 aliphatic heterocycles. The highest BCUT2D eigenvalue weighted by Gasteiger charge is 2.15. The molecule has 5 heteroatoms. The average Bonchev–Trinajstić information content (AvgIpc) is 2.48. The van der Waals surface area contributed by atoms with Gasteiger partial charge in [-0.2, -0.15) is 0 Å². The Kier molecular flexibility index (Phi) is 4.58. The van der Waals surface area contributed by atoms with E-state index in [1.54, 1.807) is 12.1 Å². The molecule has 0 aromatic heterocycles. The van der Waals surface area contributed by atoms with Crippen LogP contribution in [0, 0.1) is 10.1 Å². The zero-order valence-electron chi connectivity index (χ0n) is 11.1. The summed E-state index contributed by atoms with van der Waals surface area (Å²) in [6.45, 7) is 2.80. The fraction of sp³-hybridized carbons (Fsp3) is 0.200. The topological polar surface area (TPSA) is 46.4 Å². The monoisotopic (exact) mass is 290 g/mol. The summed E-state index contributed by atoms with van der Waals surface area (Å²) in [6.07, 6.45) is 0. The summed E-state index contributed by atoms with van der Waals surface area (Å²) < 4.78 is 0. The van der Waals surface area contributed by atoms with E-state index in [1.807, 2.05) is 37.3 Å². The van der Waals surface area contributed by atoms with E-state index >= 15 is 0 Å². The van der Waals surface area contributed by atoms with Gasteiger partial charge in [-0.05, 0) is 31.2 Å². The van der Waals surface area contributed by atoms with E-state index in [9.17, 15) is 10.1 Å². The van der Waals surface area contributed by atoms with Crippen molar-refractivity contribution in [3.05, 3.63) is 64.2 Å². The molecule has 4 nitrogen and oxygen atoms in total. The van der Waals surface area contributed by atoms with E-state index < -0.39 is 4.92 Å². The first-order valence-corrected chi connectivity index (χ1v) is 6.86. The highest BCUT2D eigenvalue weighted by atomic mass is 35.5. The smallest absolute Gasteiger partial charge is 0.273 e. The van der Waals surface area contributed by atoms with Crippen LogP contribution in [0.25, 0.3) is 0 Å². The van der Waals surface area contributed by atoms with Gasteiger partial charge >= 0.3 is 0 Å². The third-order valence-corrected chi connectivity index (χ3v) is 3.39. The Bertz CT molecular complexity index is 602. The zero-order valence-corrected chi connectivity index (χ0v) is 11.9. The minimum atomic E-state index is -0.402. The molecule has 0 fully saturated rings. The van der Waals surface area contributed by atoms with Gasteiger partial charge in [0.1, 0.15) is 0 Å².